The van der Waals surface area contributed by atoms with Gasteiger partial charge in [-0.05, 0) is 56.5 Å². The number of ketones is 4. The van der Waals surface area contributed by atoms with Crippen LogP contribution in [-0.4, -0.2) is 106 Å². The van der Waals surface area contributed by atoms with Gasteiger partial charge in [-0.15, -0.1) is 0 Å². The van der Waals surface area contributed by atoms with E-state index in [1.165, 1.54) is 12.1 Å². The number of para-hydroxylation sites is 2. The van der Waals surface area contributed by atoms with Crippen molar-refractivity contribution in [3.63, 3.8) is 0 Å². The molecule has 2 aliphatic rings. The minimum atomic E-state index is -3.96. The molecule has 6 aromatic carbocycles. The number of H-pyrrole nitrogens is 1. The van der Waals surface area contributed by atoms with Crippen molar-refractivity contribution >= 4 is 78.6 Å². The van der Waals surface area contributed by atoms with Crippen molar-refractivity contribution in [2.75, 3.05) is 13.3 Å². The van der Waals surface area contributed by atoms with Crippen LogP contribution in [0, 0.1) is 0 Å². The Labute approximate surface area is 416 Å². The minimum absolute atomic E-state index is 0.00707. The van der Waals surface area contributed by atoms with Gasteiger partial charge in [0.2, 0.25) is 16.9 Å². The molecule has 73 heavy (non-hydrogen) atoms. The maximum Gasteiger partial charge on any atom is 0.264 e. The summed E-state index contributed by atoms with van der Waals surface area (Å²) in [7, 11) is 0. The number of nitrogens with zero attached hydrogens (tertiary/aromatic N) is 2. The highest BCUT2D eigenvalue weighted by Crippen LogP contribution is 2.58. The predicted molar refractivity (Wildman–Crippen MR) is 264 cm³/mol. The fourth-order valence-corrected chi connectivity index (χ4v) is 10.9. The summed E-state index contributed by atoms with van der Waals surface area (Å²) < 4.78 is 26.5. The van der Waals surface area contributed by atoms with E-state index in [0.717, 1.165) is 41.4 Å². The minimum Gasteiger partial charge on any atom is -0.487 e. The van der Waals surface area contributed by atoms with Crippen LogP contribution in [0.15, 0.2) is 127 Å². The summed E-state index contributed by atoms with van der Waals surface area (Å²) >= 11 is 0. The van der Waals surface area contributed by atoms with E-state index in [1.807, 2.05) is 60.7 Å². The largest absolute Gasteiger partial charge is 0.487 e. The van der Waals surface area contributed by atoms with Crippen molar-refractivity contribution in [2.24, 2.45) is 0 Å². The summed E-state index contributed by atoms with van der Waals surface area (Å²) in [4.78, 5) is 92.9. The molecule has 17 nitrogen and oxygen atoms in total. The number of imide groups is 1. The van der Waals surface area contributed by atoms with Crippen molar-refractivity contribution < 1.29 is 68.1 Å². The van der Waals surface area contributed by atoms with Gasteiger partial charge in [0.1, 0.15) is 37.5 Å². The second kappa shape index (κ2) is 18.0. The zero-order valence-corrected chi connectivity index (χ0v) is 40.0. The first kappa shape index (κ1) is 48.7. The Kier molecular flexibility index (Phi) is 12.0. The number of ether oxygens (including phenoxy) is 4. The quantitative estimate of drug-likeness (QED) is 0.0703. The standard InChI is InChI=1S/C56H49N3O14/c1-31(61)53(67)42(26-60)73-56(34(4)64,55(69,33(3)63)54(53,68)32(2)62)59-49-39(23-15-25-41(49)72-29-37-20-12-7-13-21-37)44-46-45(51(65)58(52(46)66)30-70-27-35-16-8-5-9-17-35)43-38-22-14-24-40(47(38)57-48(43)50(44)59)71-28-36-18-10-6-11-19-36/h5-25,42,57,60,67-69H,26-30H2,1-4H3/t42-,53-,54+,55-,56-/m1/s1. The van der Waals surface area contributed by atoms with E-state index in [4.69, 9.17) is 18.9 Å². The van der Waals surface area contributed by atoms with E-state index in [9.17, 15) is 34.8 Å². The smallest absolute Gasteiger partial charge is 0.264 e. The number of fused-ring (bicyclic) bond motifs is 10. The molecule has 0 saturated carbocycles. The Morgan fingerprint density at radius 1 is 0.575 bits per heavy atom. The van der Waals surface area contributed by atoms with Crippen LogP contribution in [0.25, 0.3) is 43.6 Å². The van der Waals surface area contributed by atoms with Gasteiger partial charge < -0.3 is 44.4 Å². The number of nitrogens with one attached hydrogen (secondary N) is 1. The topological polar surface area (TPSA) is 244 Å². The monoisotopic (exact) mass is 987 g/mol. The highest BCUT2D eigenvalue weighted by molar-refractivity contribution is 6.40. The zero-order valence-electron chi connectivity index (χ0n) is 40.0. The molecule has 10 rings (SSSR count). The van der Waals surface area contributed by atoms with Gasteiger partial charge in [-0.2, -0.15) is 0 Å². The maximum atomic E-state index is 15.4. The lowest BCUT2D eigenvalue weighted by atomic mass is 9.56. The Morgan fingerprint density at radius 2 is 1.08 bits per heavy atom. The van der Waals surface area contributed by atoms with Gasteiger partial charge in [0.25, 0.3) is 11.8 Å². The van der Waals surface area contributed by atoms with Crippen molar-refractivity contribution in [2.45, 2.75) is 76.1 Å². The number of carbonyl (C=O) groups is 6. The number of aromatic amines is 1. The SMILES string of the molecule is CC(=O)[C@@]1(O)[C@](O)(C(C)=O)[C@](C(C)=O)(n2c3c(OCc4ccccc4)cccc3c3c4c(c5c6cccc(OCc7ccccc7)c6[nH]c5c32)C(=O)N(COCc2ccccc2)C4=O)O[C@H](CO)[C@]1(O)C(C)=O. The second-order valence-corrected chi connectivity index (χ2v) is 18.4. The van der Waals surface area contributed by atoms with E-state index in [0.29, 0.717) is 23.4 Å². The van der Waals surface area contributed by atoms with E-state index < -0.39 is 76.9 Å². The van der Waals surface area contributed by atoms with Crippen LogP contribution in [0.4, 0.5) is 0 Å². The fraction of sp³-hybridized carbons (Fsp3) is 0.250. The first-order chi connectivity index (χ1) is 35.0. The normalized spacial score (nSPS) is 22.8. The highest BCUT2D eigenvalue weighted by Gasteiger charge is 2.84. The number of hydrogen-bond acceptors (Lipinski definition) is 14. The molecule has 2 aliphatic heterocycles. The van der Waals surface area contributed by atoms with E-state index >= 15 is 14.4 Å². The number of hydrogen-bond donors (Lipinski definition) is 5. The molecule has 0 radical (unpaired) electrons. The average Bonchev–Trinajstić information content (AvgIpc) is 4.03. The number of benzene rings is 6. The summed E-state index contributed by atoms with van der Waals surface area (Å²) in [5.41, 5.74) is -13.1. The van der Waals surface area contributed by atoms with Gasteiger partial charge >= 0.3 is 0 Å². The van der Waals surface area contributed by atoms with Crippen molar-refractivity contribution in [3.8, 4) is 11.5 Å². The summed E-state index contributed by atoms with van der Waals surface area (Å²) in [6.45, 7) is 1.18. The highest BCUT2D eigenvalue weighted by atomic mass is 16.6. The molecule has 0 spiro atoms. The van der Waals surface area contributed by atoms with Crippen LogP contribution in [0.1, 0.15) is 65.1 Å². The molecule has 0 aliphatic carbocycles. The third kappa shape index (κ3) is 6.84. The maximum absolute atomic E-state index is 15.4. The lowest BCUT2D eigenvalue weighted by Gasteiger charge is -2.61. The first-order valence-electron chi connectivity index (χ1n) is 23.4. The van der Waals surface area contributed by atoms with Gasteiger partial charge in [0.15, 0.2) is 28.7 Å². The molecule has 2 aromatic heterocycles. The molecule has 2 amide bonds. The first-order valence-corrected chi connectivity index (χ1v) is 23.4. The third-order valence-corrected chi connectivity index (χ3v) is 14.3. The Morgan fingerprint density at radius 3 is 1.60 bits per heavy atom. The Hall–Kier alpha value is -7.90. The number of aromatic nitrogens is 2. The molecule has 0 bridgehead atoms. The summed E-state index contributed by atoms with van der Waals surface area (Å²) in [6.07, 6.45) is -2.42. The van der Waals surface area contributed by atoms with Gasteiger partial charge in [-0.25, -0.2) is 4.90 Å². The molecule has 17 heteroatoms. The van der Waals surface area contributed by atoms with Crippen LogP contribution in [0.3, 0.4) is 0 Å². The summed E-state index contributed by atoms with van der Waals surface area (Å²) in [5.74, 6) is -7.19. The van der Waals surface area contributed by atoms with Gasteiger partial charge in [-0.1, -0.05) is 115 Å². The molecule has 0 unspecified atom stereocenters. The van der Waals surface area contributed by atoms with Crippen molar-refractivity contribution in [1.82, 2.24) is 14.5 Å². The number of aliphatic hydroxyl groups excluding tert-OH is 1. The average molecular weight is 988 g/mol. The summed E-state index contributed by atoms with van der Waals surface area (Å²) in [6, 6.07) is 36.9. The van der Waals surface area contributed by atoms with Gasteiger partial charge in [0, 0.05) is 21.5 Å². The number of amides is 2. The van der Waals surface area contributed by atoms with E-state index in [-0.39, 0.29) is 75.2 Å². The van der Waals surface area contributed by atoms with Crippen LogP contribution in [0.5, 0.6) is 11.5 Å². The molecule has 372 valence electrons. The van der Waals surface area contributed by atoms with Gasteiger partial charge in [0.05, 0.1) is 46.4 Å². The molecular formula is C56H49N3O14. The van der Waals surface area contributed by atoms with Crippen LogP contribution >= 0.6 is 0 Å². The van der Waals surface area contributed by atoms with E-state index in [2.05, 4.69) is 4.98 Å². The molecule has 8 aromatic rings. The summed E-state index contributed by atoms with van der Waals surface area (Å²) in [5, 5.41) is 50.5. The van der Waals surface area contributed by atoms with Gasteiger partial charge in [-0.3, -0.25) is 33.3 Å². The molecule has 5 N–H and O–H groups in total. The number of aliphatic hydroxyl groups is 4. The second-order valence-electron chi connectivity index (χ2n) is 18.4. The lowest BCUT2D eigenvalue weighted by Crippen LogP contribution is -2.90. The predicted octanol–water partition coefficient (Wildman–Crippen LogP) is 5.95. The lowest BCUT2D eigenvalue weighted by molar-refractivity contribution is -0.362. The van der Waals surface area contributed by atoms with Crippen LogP contribution in [-0.2, 0) is 54.2 Å². The molecule has 1 saturated heterocycles. The van der Waals surface area contributed by atoms with Crippen LogP contribution < -0.4 is 9.47 Å². The number of rotatable bonds is 16. The number of carbonyl (C=O) groups excluding carboxylic acids is 6. The molecule has 4 heterocycles. The zero-order chi connectivity index (χ0) is 51.8. The molecule has 5 atom stereocenters. The number of Topliss-reactive ketones (excluding diaryl/α,β-unsaturated/α-hetero) is 4. The van der Waals surface area contributed by atoms with E-state index in [1.54, 1.807) is 54.6 Å². The van der Waals surface area contributed by atoms with Crippen LogP contribution in [0.2, 0.25) is 0 Å². The Bertz CT molecular complexity index is 3590. The van der Waals surface area contributed by atoms with Crippen molar-refractivity contribution in [3.05, 3.63) is 155 Å². The Balaban J connectivity index is 1.38. The third-order valence-electron chi connectivity index (χ3n) is 14.3. The molecular weight excluding hydrogens is 939 g/mol. The molecule has 1 fully saturated rings. The fourth-order valence-electron chi connectivity index (χ4n) is 10.9. The van der Waals surface area contributed by atoms with Crippen molar-refractivity contribution in [1.29, 1.82) is 0 Å².